The molecule has 1 aliphatic heterocycles. The summed E-state index contributed by atoms with van der Waals surface area (Å²) in [5.74, 6) is -1.59. The molecule has 0 aliphatic carbocycles. The van der Waals surface area contributed by atoms with Crippen LogP contribution in [-0.2, 0) is 23.7 Å². The molecular formula is C21H17FN4O4S. The molecule has 1 N–H and O–H groups in total. The number of hydrogen-bond acceptors (Lipinski definition) is 5. The Morgan fingerprint density at radius 2 is 1.71 bits per heavy atom. The van der Waals surface area contributed by atoms with Crippen LogP contribution in [0.15, 0.2) is 52.2 Å². The molecule has 0 atom stereocenters. The minimum Gasteiger partial charge on any atom is -0.325 e. The SMILES string of the molecule is Cn1c(=O)n(C)c2cc(/C=C3\SC(=O)N(CC(=O)Nc4ccc(F)cc4)C3=O)ccc21. The van der Waals surface area contributed by atoms with E-state index in [0.717, 1.165) is 22.2 Å². The molecule has 31 heavy (non-hydrogen) atoms. The second-order valence-electron chi connectivity index (χ2n) is 6.97. The molecule has 2 aromatic carbocycles. The van der Waals surface area contributed by atoms with E-state index in [-0.39, 0.29) is 10.6 Å². The quantitative estimate of drug-likeness (QED) is 0.630. The zero-order valence-electron chi connectivity index (χ0n) is 16.6. The number of nitrogens with one attached hydrogen (secondary N) is 1. The number of carbonyl (C=O) groups excluding carboxylic acids is 3. The van der Waals surface area contributed by atoms with Crippen molar-refractivity contribution in [1.82, 2.24) is 14.0 Å². The normalized spacial score (nSPS) is 15.3. The fraction of sp³-hybridized carbons (Fsp3) is 0.143. The van der Waals surface area contributed by atoms with Crippen LogP contribution in [0.5, 0.6) is 0 Å². The van der Waals surface area contributed by atoms with Gasteiger partial charge in [-0.3, -0.25) is 28.4 Å². The second-order valence-corrected chi connectivity index (χ2v) is 7.96. The van der Waals surface area contributed by atoms with Gasteiger partial charge in [0.2, 0.25) is 5.91 Å². The number of benzene rings is 2. The number of imidazole rings is 1. The molecule has 3 amide bonds. The summed E-state index contributed by atoms with van der Waals surface area (Å²) in [5, 5.41) is 1.96. The van der Waals surface area contributed by atoms with Gasteiger partial charge < -0.3 is 5.32 Å². The molecule has 0 saturated carbocycles. The molecule has 10 heteroatoms. The molecule has 0 unspecified atom stereocenters. The van der Waals surface area contributed by atoms with E-state index < -0.39 is 29.4 Å². The lowest BCUT2D eigenvalue weighted by Gasteiger charge is -2.12. The average molecular weight is 440 g/mol. The lowest BCUT2D eigenvalue weighted by Crippen LogP contribution is -2.36. The number of rotatable bonds is 4. The molecule has 1 aromatic heterocycles. The maximum Gasteiger partial charge on any atom is 0.328 e. The number of carbonyl (C=O) groups is 3. The minimum atomic E-state index is -0.577. The van der Waals surface area contributed by atoms with Gasteiger partial charge in [0.25, 0.3) is 11.1 Å². The molecule has 158 valence electrons. The molecule has 1 aliphatic rings. The van der Waals surface area contributed by atoms with E-state index in [0.29, 0.717) is 16.8 Å². The molecule has 0 spiro atoms. The van der Waals surface area contributed by atoms with Crippen molar-refractivity contribution in [2.75, 3.05) is 11.9 Å². The number of thioether (sulfide) groups is 1. The standard InChI is InChI=1S/C21H17FN4O4S/c1-24-15-8-3-12(9-16(15)25(2)20(24)29)10-17-19(28)26(21(30)31-17)11-18(27)23-14-6-4-13(22)5-7-14/h3-10H,11H2,1-2H3,(H,23,27)/b17-10-. The summed E-state index contributed by atoms with van der Waals surface area (Å²) in [6.07, 6.45) is 1.56. The van der Waals surface area contributed by atoms with Crippen LogP contribution in [0.25, 0.3) is 17.1 Å². The van der Waals surface area contributed by atoms with Gasteiger partial charge in [0, 0.05) is 19.8 Å². The molecule has 1 saturated heterocycles. The monoisotopic (exact) mass is 440 g/mol. The highest BCUT2D eigenvalue weighted by molar-refractivity contribution is 8.18. The fourth-order valence-electron chi connectivity index (χ4n) is 3.28. The summed E-state index contributed by atoms with van der Waals surface area (Å²) in [5.41, 5.74) is 2.28. The van der Waals surface area contributed by atoms with Gasteiger partial charge in [0.05, 0.1) is 15.9 Å². The van der Waals surface area contributed by atoms with E-state index in [1.807, 2.05) is 0 Å². The Kier molecular flexibility index (Phi) is 5.24. The third kappa shape index (κ3) is 3.89. The first kappa shape index (κ1) is 20.6. The first-order valence-corrected chi connectivity index (χ1v) is 10.0. The summed E-state index contributed by atoms with van der Waals surface area (Å²) in [6.45, 7) is -0.453. The Bertz CT molecular complexity index is 1320. The van der Waals surface area contributed by atoms with Crippen molar-refractivity contribution >= 4 is 51.6 Å². The zero-order valence-corrected chi connectivity index (χ0v) is 17.4. The largest absolute Gasteiger partial charge is 0.328 e. The van der Waals surface area contributed by atoms with E-state index >= 15 is 0 Å². The van der Waals surface area contributed by atoms with E-state index in [4.69, 9.17) is 0 Å². The number of hydrogen-bond donors (Lipinski definition) is 1. The Hall–Kier alpha value is -3.66. The second kappa shape index (κ2) is 7.88. The van der Waals surface area contributed by atoms with Crippen molar-refractivity contribution in [2.24, 2.45) is 14.1 Å². The number of nitrogens with zero attached hydrogens (tertiary/aromatic N) is 3. The van der Waals surface area contributed by atoms with Crippen LogP contribution in [0.4, 0.5) is 14.9 Å². The van der Waals surface area contributed by atoms with Gasteiger partial charge in [-0.1, -0.05) is 6.07 Å². The maximum atomic E-state index is 13.0. The lowest BCUT2D eigenvalue weighted by atomic mass is 10.2. The lowest BCUT2D eigenvalue weighted by molar-refractivity contribution is -0.127. The third-order valence-electron chi connectivity index (χ3n) is 4.90. The van der Waals surface area contributed by atoms with Crippen molar-refractivity contribution in [3.63, 3.8) is 0 Å². The first-order valence-electron chi connectivity index (χ1n) is 9.21. The van der Waals surface area contributed by atoms with Crippen molar-refractivity contribution in [3.8, 4) is 0 Å². The molecular weight excluding hydrogens is 423 g/mol. The number of imide groups is 1. The van der Waals surface area contributed by atoms with Gasteiger partial charge in [-0.25, -0.2) is 9.18 Å². The fourth-order valence-corrected chi connectivity index (χ4v) is 4.12. The number of halogens is 1. The number of anilines is 1. The summed E-state index contributed by atoms with van der Waals surface area (Å²) in [7, 11) is 3.33. The predicted octanol–water partition coefficient (Wildman–Crippen LogP) is 2.69. The number of aryl methyl sites for hydroxylation is 2. The Morgan fingerprint density at radius 1 is 1.03 bits per heavy atom. The highest BCUT2D eigenvalue weighted by atomic mass is 32.2. The van der Waals surface area contributed by atoms with Crippen LogP contribution in [0, 0.1) is 5.82 Å². The van der Waals surface area contributed by atoms with E-state index in [2.05, 4.69) is 5.32 Å². The molecule has 0 bridgehead atoms. The topological polar surface area (TPSA) is 93.4 Å². The van der Waals surface area contributed by atoms with Gasteiger partial charge in [-0.2, -0.15) is 0 Å². The van der Waals surface area contributed by atoms with Crippen LogP contribution in [0.3, 0.4) is 0 Å². The molecule has 3 aromatic rings. The van der Waals surface area contributed by atoms with Gasteiger partial charge >= 0.3 is 5.69 Å². The number of amides is 3. The molecule has 2 heterocycles. The van der Waals surface area contributed by atoms with Crippen LogP contribution in [0.2, 0.25) is 0 Å². The Labute approximate surface area is 179 Å². The summed E-state index contributed by atoms with van der Waals surface area (Å²) in [4.78, 5) is 50.3. The van der Waals surface area contributed by atoms with Gasteiger partial charge in [0.1, 0.15) is 12.4 Å². The number of aromatic nitrogens is 2. The summed E-state index contributed by atoms with van der Waals surface area (Å²) < 4.78 is 16.0. The summed E-state index contributed by atoms with van der Waals surface area (Å²) >= 11 is 0.740. The smallest absolute Gasteiger partial charge is 0.325 e. The van der Waals surface area contributed by atoms with E-state index in [9.17, 15) is 23.6 Å². The third-order valence-corrected chi connectivity index (χ3v) is 5.80. The van der Waals surface area contributed by atoms with Crippen LogP contribution in [-0.4, -0.2) is 37.6 Å². The van der Waals surface area contributed by atoms with Crippen LogP contribution >= 0.6 is 11.8 Å². The average Bonchev–Trinajstić information content (AvgIpc) is 3.12. The van der Waals surface area contributed by atoms with Gasteiger partial charge in [0.15, 0.2) is 0 Å². The molecule has 1 fully saturated rings. The molecule has 4 rings (SSSR count). The predicted molar refractivity (Wildman–Crippen MR) is 116 cm³/mol. The molecule has 8 nitrogen and oxygen atoms in total. The van der Waals surface area contributed by atoms with Crippen molar-refractivity contribution in [1.29, 1.82) is 0 Å². The highest BCUT2D eigenvalue weighted by Gasteiger charge is 2.36. The van der Waals surface area contributed by atoms with Gasteiger partial charge in [-0.05, 0) is 59.8 Å². The maximum absolute atomic E-state index is 13.0. The Balaban J connectivity index is 1.52. The highest BCUT2D eigenvalue weighted by Crippen LogP contribution is 2.32. The van der Waals surface area contributed by atoms with Crippen molar-refractivity contribution in [2.45, 2.75) is 0 Å². The minimum absolute atomic E-state index is 0.167. The summed E-state index contributed by atoms with van der Waals surface area (Å²) in [6, 6.07) is 10.4. The van der Waals surface area contributed by atoms with Crippen LogP contribution in [0.1, 0.15) is 5.56 Å². The number of fused-ring (bicyclic) bond motifs is 1. The zero-order chi connectivity index (χ0) is 22.3. The van der Waals surface area contributed by atoms with E-state index in [1.54, 1.807) is 38.4 Å². The van der Waals surface area contributed by atoms with Crippen LogP contribution < -0.4 is 11.0 Å². The first-order chi connectivity index (χ1) is 14.7. The Morgan fingerprint density at radius 3 is 2.42 bits per heavy atom. The molecule has 0 radical (unpaired) electrons. The van der Waals surface area contributed by atoms with E-state index in [1.165, 1.54) is 33.4 Å². The van der Waals surface area contributed by atoms with Crippen molar-refractivity contribution < 1.29 is 18.8 Å². The van der Waals surface area contributed by atoms with Gasteiger partial charge in [-0.15, -0.1) is 0 Å². The van der Waals surface area contributed by atoms with Crippen molar-refractivity contribution in [3.05, 3.63) is 69.2 Å².